The minimum absolute atomic E-state index is 0.0305. The molecule has 6 nitrogen and oxygen atoms in total. The smallest absolute Gasteiger partial charge is 0.391 e. The van der Waals surface area contributed by atoms with E-state index < -0.39 is 30.5 Å². The van der Waals surface area contributed by atoms with Crippen molar-refractivity contribution in [2.75, 3.05) is 13.7 Å². The number of hydrogen-bond donors (Lipinski definition) is 2. The zero-order valence-corrected chi connectivity index (χ0v) is 12.7. The minimum Gasteiger partial charge on any atom is -0.497 e. The lowest BCUT2D eigenvalue weighted by Crippen LogP contribution is -2.43. The van der Waals surface area contributed by atoms with Crippen molar-refractivity contribution in [2.24, 2.45) is 0 Å². The molecule has 0 aromatic heterocycles. The van der Waals surface area contributed by atoms with Gasteiger partial charge in [0.05, 0.1) is 19.1 Å². The molecular formula is C15H16F3NO5. The molecule has 0 aliphatic heterocycles. The van der Waals surface area contributed by atoms with Crippen LogP contribution in [-0.4, -0.2) is 42.9 Å². The van der Waals surface area contributed by atoms with Gasteiger partial charge >= 0.3 is 12.1 Å². The largest absolute Gasteiger partial charge is 0.497 e. The highest BCUT2D eigenvalue weighted by atomic mass is 19.4. The van der Waals surface area contributed by atoms with E-state index >= 15 is 0 Å². The molecule has 0 fully saturated rings. The molecule has 1 aromatic rings. The number of amides is 1. The number of carbonyl (C=O) groups excluding carboxylic acids is 1. The number of nitrogens with one attached hydrogen (secondary N) is 1. The Balaban J connectivity index is 3.03. The van der Waals surface area contributed by atoms with Crippen LogP contribution in [0.1, 0.15) is 16.8 Å². The van der Waals surface area contributed by atoms with Crippen LogP contribution in [0.3, 0.4) is 0 Å². The third-order valence-electron chi connectivity index (χ3n) is 2.83. The fourth-order valence-corrected chi connectivity index (χ4v) is 1.75. The molecule has 24 heavy (non-hydrogen) atoms. The zero-order chi connectivity index (χ0) is 18.3. The maximum atomic E-state index is 12.4. The monoisotopic (exact) mass is 347 g/mol. The molecule has 0 aliphatic carbocycles. The van der Waals surface area contributed by atoms with Crippen molar-refractivity contribution in [1.29, 1.82) is 0 Å². The number of carbonyl (C=O) groups is 2. The SMILES string of the molecule is C=CCOc1cc(OC)ccc1C(=O)NC(CC(F)(F)F)C(=O)O. The van der Waals surface area contributed by atoms with Gasteiger partial charge in [-0.1, -0.05) is 12.7 Å². The van der Waals surface area contributed by atoms with E-state index in [1.807, 2.05) is 5.32 Å². The molecule has 132 valence electrons. The van der Waals surface area contributed by atoms with Crippen LogP contribution < -0.4 is 14.8 Å². The molecule has 1 atom stereocenters. The van der Waals surface area contributed by atoms with Gasteiger partial charge in [-0.25, -0.2) is 4.79 Å². The molecular weight excluding hydrogens is 331 g/mol. The average Bonchev–Trinajstić information content (AvgIpc) is 2.50. The lowest BCUT2D eigenvalue weighted by molar-refractivity contribution is -0.157. The van der Waals surface area contributed by atoms with Gasteiger partial charge in [0.25, 0.3) is 5.91 Å². The molecule has 0 heterocycles. The number of benzene rings is 1. The van der Waals surface area contributed by atoms with Crippen molar-refractivity contribution in [3.63, 3.8) is 0 Å². The van der Waals surface area contributed by atoms with Crippen LogP contribution in [0.4, 0.5) is 13.2 Å². The Morgan fingerprint density at radius 3 is 2.58 bits per heavy atom. The highest BCUT2D eigenvalue weighted by Gasteiger charge is 2.36. The molecule has 1 rings (SSSR count). The van der Waals surface area contributed by atoms with Gasteiger partial charge in [0, 0.05) is 6.07 Å². The van der Waals surface area contributed by atoms with Crippen molar-refractivity contribution in [1.82, 2.24) is 5.32 Å². The van der Waals surface area contributed by atoms with Crippen LogP contribution in [0.25, 0.3) is 0 Å². The number of alkyl halides is 3. The Kier molecular flexibility index (Phi) is 6.63. The minimum atomic E-state index is -4.74. The second kappa shape index (κ2) is 8.23. The van der Waals surface area contributed by atoms with Gasteiger partial charge in [0.2, 0.25) is 0 Å². The first kappa shape index (κ1) is 19.3. The number of carboxylic acids is 1. The molecule has 0 saturated carbocycles. The number of hydrogen-bond acceptors (Lipinski definition) is 4. The van der Waals surface area contributed by atoms with E-state index in [1.165, 1.54) is 31.4 Å². The third-order valence-corrected chi connectivity index (χ3v) is 2.83. The standard InChI is InChI=1S/C15H16F3NO5/c1-3-6-24-12-7-9(23-2)4-5-10(12)13(20)19-11(14(21)22)8-15(16,17)18/h3-5,7,11H,1,6,8H2,2H3,(H,19,20)(H,21,22). The van der Waals surface area contributed by atoms with Crippen LogP contribution >= 0.6 is 0 Å². The Morgan fingerprint density at radius 2 is 2.08 bits per heavy atom. The Bertz CT molecular complexity index is 616. The highest BCUT2D eigenvalue weighted by molar-refractivity contribution is 5.99. The van der Waals surface area contributed by atoms with Crippen LogP contribution in [0.5, 0.6) is 11.5 Å². The summed E-state index contributed by atoms with van der Waals surface area (Å²) in [6.45, 7) is 3.49. The van der Waals surface area contributed by atoms with Gasteiger partial charge in [-0.2, -0.15) is 13.2 Å². The van der Waals surface area contributed by atoms with Gasteiger partial charge < -0.3 is 19.9 Å². The summed E-state index contributed by atoms with van der Waals surface area (Å²) in [5.41, 5.74) is -0.119. The lowest BCUT2D eigenvalue weighted by atomic mass is 10.1. The fraction of sp³-hybridized carbons (Fsp3) is 0.333. The summed E-state index contributed by atoms with van der Waals surface area (Å²) in [4.78, 5) is 23.1. The molecule has 0 radical (unpaired) electrons. The molecule has 1 unspecified atom stereocenters. The summed E-state index contributed by atoms with van der Waals surface area (Å²) >= 11 is 0. The molecule has 0 bridgehead atoms. The number of aliphatic carboxylic acids is 1. The second-order valence-corrected chi connectivity index (χ2v) is 4.65. The Morgan fingerprint density at radius 1 is 1.42 bits per heavy atom. The van der Waals surface area contributed by atoms with Crippen LogP contribution in [0, 0.1) is 0 Å². The lowest BCUT2D eigenvalue weighted by Gasteiger charge is -2.17. The maximum absolute atomic E-state index is 12.4. The number of carboxylic acid groups (broad SMARTS) is 1. The predicted molar refractivity (Wildman–Crippen MR) is 78.2 cm³/mol. The fourth-order valence-electron chi connectivity index (χ4n) is 1.75. The van der Waals surface area contributed by atoms with E-state index in [4.69, 9.17) is 14.6 Å². The quantitative estimate of drug-likeness (QED) is 0.706. The number of halogens is 3. The molecule has 1 amide bonds. The van der Waals surface area contributed by atoms with Crippen LogP contribution in [-0.2, 0) is 4.79 Å². The third kappa shape index (κ3) is 5.82. The molecule has 0 aliphatic rings. The molecule has 9 heteroatoms. The van der Waals surface area contributed by atoms with E-state index in [-0.39, 0.29) is 17.9 Å². The van der Waals surface area contributed by atoms with E-state index in [2.05, 4.69) is 6.58 Å². The first-order valence-electron chi connectivity index (χ1n) is 6.70. The van der Waals surface area contributed by atoms with E-state index in [1.54, 1.807) is 0 Å². The number of rotatable bonds is 8. The molecule has 1 aromatic carbocycles. The molecule has 0 spiro atoms. The van der Waals surface area contributed by atoms with Gasteiger partial charge in [-0.3, -0.25) is 4.79 Å². The first-order valence-corrected chi connectivity index (χ1v) is 6.70. The Labute approximate surface area is 135 Å². The summed E-state index contributed by atoms with van der Waals surface area (Å²) < 4.78 is 47.4. The van der Waals surface area contributed by atoms with Gasteiger partial charge in [0.15, 0.2) is 0 Å². The highest BCUT2D eigenvalue weighted by Crippen LogP contribution is 2.26. The van der Waals surface area contributed by atoms with Crippen molar-refractivity contribution >= 4 is 11.9 Å². The first-order chi connectivity index (χ1) is 11.2. The van der Waals surface area contributed by atoms with Crippen molar-refractivity contribution < 1.29 is 37.3 Å². The van der Waals surface area contributed by atoms with Crippen molar-refractivity contribution in [3.05, 3.63) is 36.4 Å². The Hall–Kier alpha value is -2.71. The van der Waals surface area contributed by atoms with Gasteiger partial charge in [-0.15, -0.1) is 0 Å². The summed E-state index contributed by atoms with van der Waals surface area (Å²) in [5, 5.41) is 10.7. The summed E-state index contributed by atoms with van der Waals surface area (Å²) in [5.74, 6) is -2.41. The normalized spacial score (nSPS) is 12.2. The summed E-state index contributed by atoms with van der Waals surface area (Å²) in [6.07, 6.45) is -5.02. The summed E-state index contributed by atoms with van der Waals surface area (Å²) in [6, 6.07) is 1.92. The van der Waals surface area contributed by atoms with Gasteiger partial charge in [-0.05, 0) is 12.1 Å². The number of ether oxygens (including phenoxy) is 2. The van der Waals surface area contributed by atoms with Crippen LogP contribution in [0.2, 0.25) is 0 Å². The zero-order valence-electron chi connectivity index (χ0n) is 12.7. The van der Waals surface area contributed by atoms with Crippen molar-refractivity contribution in [3.8, 4) is 11.5 Å². The van der Waals surface area contributed by atoms with Crippen LogP contribution in [0.15, 0.2) is 30.9 Å². The van der Waals surface area contributed by atoms with E-state index in [0.29, 0.717) is 5.75 Å². The number of methoxy groups -OCH3 is 1. The predicted octanol–water partition coefficient (Wildman–Crippen LogP) is 2.40. The van der Waals surface area contributed by atoms with E-state index in [0.717, 1.165) is 0 Å². The second-order valence-electron chi connectivity index (χ2n) is 4.65. The van der Waals surface area contributed by atoms with Gasteiger partial charge in [0.1, 0.15) is 24.1 Å². The van der Waals surface area contributed by atoms with Crippen molar-refractivity contribution in [2.45, 2.75) is 18.6 Å². The molecule has 2 N–H and O–H groups in total. The summed E-state index contributed by atoms with van der Waals surface area (Å²) in [7, 11) is 1.39. The van der Waals surface area contributed by atoms with E-state index in [9.17, 15) is 22.8 Å². The molecule has 0 saturated heterocycles. The topological polar surface area (TPSA) is 84.9 Å². The average molecular weight is 347 g/mol. The maximum Gasteiger partial charge on any atom is 0.391 e.